The van der Waals surface area contributed by atoms with Gasteiger partial charge in [-0.15, -0.1) is 0 Å². The zero-order chi connectivity index (χ0) is 18.5. The summed E-state index contributed by atoms with van der Waals surface area (Å²) in [6, 6.07) is 1.95. The van der Waals surface area contributed by atoms with Crippen LogP contribution < -0.4 is 4.90 Å². The predicted molar refractivity (Wildman–Crippen MR) is 96.9 cm³/mol. The van der Waals surface area contributed by atoms with Crippen molar-refractivity contribution < 1.29 is 14.3 Å². The summed E-state index contributed by atoms with van der Waals surface area (Å²) in [5.41, 5.74) is 1.90. The Morgan fingerprint density at radius 2 is 1.38 bits per heavy atom. The van der Waals surface area contributed by atoms with Crippen molar-refractivity contribution in [2.75, 3.05) is 57.4 Å². The number of hydrogen-bond acceptors (Lipinski definition) is 6. The highest BCUT2D eigenvalue weighted by atomic mass is 16.5. The number of carbonyl (C=O) groups excluding carboxylic acids is 2. The van der Waals surface area contributed by atoms with E-state index in [0.717, 1.165) is 17.3 Å². The van der Waals surface area contributed by atoms with Crippen LogP contribution >= 0.6 is 0 Å². The third-order valence-corrected chi connectivity index (χ3v) is 4.80. The van der Waals surface area contributed by atoms with Gasteiger partial charge in [-0.3, -0.25) is 9.59 Å². The van der Waals surface area contributed by atoms with E-state index in [9.17, 15) is 9.59 Å². The molecule has 0 aliphatic carbocycles. The van der Waals surface area contributed by atoms with Crippen molar-refractivity contribution in [2.45, 2.75) is 26.7 Å². The largest absolute Gasteiger partial charge is 0.378 e. The van der Waals surface area contributed by atoms with Crippen LogP contribution in [0.1, 0.15) is 24.2 Å². The zero-order valence-electron chi connectivity index (χ0n) is 15.6. The maximum atomic E-state index is 12.4. The second-order valence-electron chi connectivity index (χ2n) is 6.81. The fourth-order valence-electron chi connectivity index (χ4n) is 3.35. The highest BCUT2D eigenvalue weighted by Gasteiger charge is 2.24. The minimum atomic E-state index is 0.0453. The summed E-state index contributed by atoms with van der Waals surface area (Å²) in [5, 5.41) is 0. The smallest absolute Gasteiger partial charge is 0.225 e. The fourth-order valence-corrected chi connectivity index (χ4v) is 3.35. The molecule has 0 unspecified atom stereocenters. The van der Waals surface area contributed by atoms with Gasteiger partial charge in [0.25, 0.3) is 0 Å². The summed E-state index contributed by atoms with van der Waals surface area (Å²) in [6.45, 7) is 9.06. The number of ether oxygens (including phenoxy) is 1. The fraction of sp³-hybridized carbons (Fsp3) is 0.667. The second-order valence-corrected chi connectivity index (χ2v) is 6.81. The Morgan fingerprint density at radius 3 is 1.92 bits per heavy atom. The summed E-state index contributed by atoms with van der Waals surface area (Å²) in [6.07, 6.45) is 0.551. The normalized spacial score (nSPS) is 18.2. The molecule has 0 N–H and O–H groups in total. The van der Waals surface area contributed by atoms with Crippen LogP contribution in [0.5, 0.6) is 0 Å². The van der Waals surface area contributed by atoms with Crippen LogP contribution in [-0.4, -0.2) is 84.1 Å². The predicted octanol–water partition coefficient (Wildman–Crippen LogP) is 0.381. The van der Waals surface area contributed by atoms with Crippen molar-refractivity contribution in [3.8, 4) is 0 Å². The monoisotopic (exact) mass is 361 g/mol. The molecule has 1 aromatic rings. The van der Waals surface area contributed by atoms with Crippen molar-refractivity contribution in [2.24, 2.45) is 0 Å². The molecule has 3 heterocycles. The average Bonchev–Trinajstić information content (AvgIpc) is 2.66. The third kappa shape index (κ3) is 4.69. The van der Waals surface area contributed by atoms with Gasteiger partial charge in [-0.2, -0.15) is 0 Å². The molecule has 2 saturated heterocycles. The van der Waals surface area contributed by atoms with E-state index in [2.05, 4.69) is 14.9 Å². The summed E-state index contributed by atoms with van der Waals surface area (Å²) in [7, 11) is 0. The van der Waals surface area contributed by atoms with Gasteiger partial charge < -0.3 is 19.4 Å². The summed E-state index contributed by atoms with van der Waals surface area (Å²) in [4.78, 5) is 39.3. The first-order valence-electron chi connectivity index (χ1n) is 9.23. The van der Waals surface area contributed by atoms with Crippen LogP contribution in [0.2, 0.25) is 0 Å². The van der Waals surface area contributed by atoms with Crippen LogP contribution in [0.15, 0.2) is 6.07 Å². The highest BCUT2D eigenvalue weighted by molar-refractivity contribution is 5.84. The lowest BCUT2D eigenvalue weighted by Crippen LogP contribution is -2.49. The summed E-state index contributed by atoms with van der Waals surface area (Å²) >= 11 is 0. The molecule has 1 aromatic heterocycles. The van der Waals surface area contributed by atoms with Crippen molar-refractivity contribution in [1.29, 1.82) is 0 Å². The minimum absolute atomic E-state index is 0.0453. The molecule has 0 saturated carbocycles. The molecular weight excluding hydrogens is 334 g/mol. The summed E-state index contributed by atoms with van der Waals surface area (Å²) < 4.78 is 5.25. The number of amides is 2. The molecule has 2 fully saturated rings. The number of aryl methyl sites for hydroxylation is 2. The Labute approximate surface area is 154 Å². The van der Waals surface area contributed by atoms with Gasteiger partial charge in [-0.25, -0.2) is 9.97 Å². The first-order valence-corrected chi connectivity index (χ1v) is 9.23. The maximum Gasteiger partial charge on any atom is 0.225 e. The molecule has 142 valence electrons. The van der Waals surface area contributed by atoms with Gasteiger partial charge in [0.1, 0.15) is 0 Å². The molecule has 0 aromatic carbocycles. The Balaban J connectivity index is 1.45. The number of hydrogen-bond donors (Lipinski definition) is 0. The standard InChI is InChI=1S/C18H27N5O3/c1-14-13-15(2)20-18(19-14)23-7-5-21(6-8-23)16(24)3-4-17(25)22-9-11-26-12-10-22/h13H,3-12H2,1-2H3. The number of aromatic nitrogens is 2. The molecular formula is C18H27N5O3. The van der Waals surface area contributed by atoms with Gasteiger partial charge in [0, 0.05) is 63.5 Å². The number of morpholine rings is 1. The minimum Gasteiger partial charge on any atom is -0.378 e. The lowest BCUT2D eigenvalue weighted by molar-refractivity contribution is -0.139. The second kappa shape index (κ2) is 8.44. The van der Waals surface area contributed by atoms with E-state index in [0.29, 0.717) is 52.5 Å². The van der Waals surface area contributed by atoms with Gasteiger partial charge in [-0.1, -0.05) is 0 Å². The van der Waals surface area contributed by atoms with Crippen LogP contribution in [0.3, 0.4) is 0 Å². The van der Waals surface area contributed by atoms with Crippen LogP contribution in [0, 0.1) is 13.8 Å². The molecule has 0 spiro atoms. The molecule has 2 amide bonds. The van der Waals surface area contributed by atoms with Gasteiger partial charge >= 0.3 is 0 Å². The Morgan fingerprint density at radius 1 is 0.885 bits per heavy atom. The molecule has 2 aliphatic heterocycles. The van der Waals surface area contributed by atoms with Gasteiger partial charge in [0.05, 0.1) is 13.2 Å². The molecule has 2 aliphatic rings. The molecule has 8 heteroatoms. The van der Waals surface area contributed by atoms with Gasteiger partial charge in [-0.05, 0) is 19.9 Å². The Bertz CT molecular complexity index is 632. The molecule has 0 bridgehead atoms. The topological polar surface area (TPSA) is 78.9 Å². The number of anilines is 1. The number of nitrogens with zero attached hydrogens (tertiary/aromatic N) is 5. The quantitative estimate of drug-likeness (QED) is 0.772. The maximum absolute atomic E-state index is 12.4. The summed E-state index contributed by atoms with van der Waals surface area (Å²) in [5.74, 6) is 0.827. The Hall–Kier alpha value is -2.22. The molecule has 0 atom stereocenters. The first-order chi connectivity index (χ1) is 12.5. The van der Waals surface area contributed by atoms with E-state index in [1.807, 2.05) is 24.8 Å². The molecule has 0 radical (unpaired) electrons. The van der Waals surface area contributed by atoms with E-state index in [1.165, 1.54) is 0 Å². The van der Waals surface area contributed by atoms with E-state index < -0.39 is 0 Å². The lowest BCUT2D eigenvalue weighted by Gasteiger charge is -2.35. The molecule has 26 heavy (non-hydrogen) atoms. The number of carbonyl (C=O) groups is 2. The average molecular weight is 361 g/mol. The SMILES string of the molecule is Cc1cc(C)nc(N2CCN(C(=O)CCC(=O)N3CCOCC3)CC2)n1. The molecule has 8 nitrogen and oxygen atoms in total. The van der Waals surface area contributed by atoms with Crippen LogP contribution in [0.4, 0.5) is 5.95 Å². The Kier molecular flexibility index (Phi) is 6.03. The van der Waals surface area contributed by atoms with E-state index >= 15 is 0 Å². The van der Waals surface area contributed by atoms with Gasteiger partial charge in [0.15, 0.2) is 0 Å². The van der Waals surface area contributed by atoms with E-state index in [1.54, 1.807) is 4.90 Å². The van der Waals surface area contributed by atoms with Gasteiger partial charge in [0.2, 0.25) is 17.8 Å². The third-order valence-electron chi connectivity index (χ3n) is 4.80. The van der Waals surface area contributed by atoms with Crippen LogP contribution in [-0.2, 0) is 14.3 Å². The number of piperazine rings is 1. The number of rotatable bonds is 4. The van der Waals surface area contributed by atoms with E-state index in [-0.39, 0.29) is 24.7 Å². The van der Waals surface area contributed by atoms with Crippen molar-refractivity contribution >= 4 is 17.8 Å². The van der Waals surface area contributed by atoms with E-state index in [4.69, 9.17) is 4.74 Å². The van der Waals surface area contributed by atoms with Crippen molar-refractivity contribution in [3.05, 3.63) is 17.5 Å². The highest BCUT2D eigenvalue weighted by Crippen LogP contribution is 2.14. The first kappa shape index (κ1) is 18.6. The van der Waals surface area contributed by atoms with Crippen LogP contribution in [0.25, 0.3) is 0 Å². The zero-order valence-corrected chi connectivity index (χ0v) is 15.6. The van der Waals surface area contributed by atoms with Crippen molar-refractivity contribution in [1.82, 2.24) is 19.8 Å². The molecule has 3 rings (SSSR count). The van der Waals surface area contributed by atoms with Crippen molar-refractivity contribution in [3.63, 3.8) is 0 Å². The lowest BCUT2D eigenvalue weighted by atomic mass is 10.2.